The van der Waals surface area contributed by atoms with Gasteiger partial charge in [-0.2, -0.15) is 0 Å². The second-order valence-electron chi connectivity index (χ2n) is 6.66. The standard InChI is InChI=1S/C22H20N2O3S/c1-2-18-14-28-21(23-18)13-27-20-7-8-24(22(26)11-20)19-6-5-16-9-15(12-25)3-4-17(16)10-19/h3-4,7-12,14H,2,5-6,13H2,1H3. The minimum atomic E-state index is -0.120. The lowest BCUT2D eigenvalue weighted by atomic mass is 9.93. The number of hydrogen-bond acceptors (Lipinski definition) is 5. The number of allylic oxidation sites excluding steroid dienone is 1. The number of aldehydes is 1. The van der Waals surface area contributed by atoms with E-state index in [1.165, 1.54) is 6.07 Å². The zero-order valence-corrected chi connectivity index (χ0v) is 16.4. The summed E-state index contributed by atoms with van der Waals surface area (Å²) in [6.45, 7) is 2.43. The van der Waals surface area contributed by atoms with Crippen LogP contribution in [0.25, 0.3) is 11.8 Å². The Morgan fingerprint density at radius 1 is 1.25 bits per heavy atom. The predicted octanol–water partition coefficient (Wildman–Crippen LogP) is 4.20. The van der Waals surface area contributed by atoms with Crippen molar-refractivity contribution in [2.45, 2.75) is 32.8 Å². The third kappa shape index (κ3) is 3.82. The largest absolute Gasteiger partial charge is 0.486 e. The molecule has 5 nitrogen and oxygen atoms in total. The molecular weight excluding hydrogens is 372 g/mol. The van der Waals surface area contributed by atoms with Crippen LogP contribution in [0.15, 0.2) is 46.7 Å². The zero-order chi connectivity index (χ0) is 19.5. The highest BCUT2D eigenvalue weighted by molar-refractivity contribution is 7.09. The van der Waals surface area contributed by atoms with Gasteiger partial charge in [0.05, 0.1) is 5.69 Å². The van der Waals surface area contributed by atoms with Gasteiger partial charge in [0.15, 0.2) is 0 Å². The Kier molecular flexibility index (Phi) is 5.21. The smallest absolute Gasteiger partial charge is 0.258 e. The summed E-state index contributed by atoms with van der Waals surface area (Å²) in [6.07, 6.45) is 7.08. The Hall–Kier alpha value is -2.99. The summed E-state index contributed by atoms with van der Waals surface area (Å²) in [5.74, 6) is 0.543. The lowest BCUT2D eigenvalue weighted by Crippen LogP contribution is -2.19. The molecule has 0 atom stereocenters. The van der Waals surface area contributed by atoms with Gasteiger partial charge >= 0.3 is 0 Å². The van der Waals surface area contributed by atoms with Gasteiger partial charge in [-0.3, -0.25) is 14.2 Å². The van der Waals surface area contributed by atoms with E-state index in [-0.39, 0.29) is 5.56 Å². The van der Waals surface area contributed by atoms with Crippen molar-refractivity contribution in [1.29, 1.82) is 0 Å². The topological polar surface area (TPSA) is 61.2 Å². The molecule has 1 aliphatic carbocycles. The molecule has 28 heavy (non-hydrogen) atoms. The molecular formula is C22H20N2O3S. The van der Waals surface area contributed by atoms with Crippen LogP contribution in [0, 0.1) is 0 Å². The van der Waals surface area contributed by atoms with Gasteiger partial charge < -0.3 is 4.74 Å². The predicted molar refractivity (Wildman–Crippen MR) is 111 cm³/mol. The fourth-order valence-corrected chi connectivity index (χ4v) is 4.06. The summed E-state index contributed by atoms with van der Waals surface area (Å²) >= 11 is 1.57. The van der Waals surface area contributed by atoms with Crippen molar-refractivity contribution in [1.82, 2.24) is 9.55 Å². The number of fused-ring (bicyclic) bond motifs is 1. The van der Waals surface area contributed by atoms with Crippen LogP contribution in [0.4, 0.5) is 0 Å². The van der Waals surface area contributed by atoms with E-state index >= 15 is 0 Å². The summed E-state index contributed by atoms with van der Waals surface area (Å²) in [6, 6.07) is 8.96. The van der Waals surface area contributed by atoms with E-state index in [0.717, 1.165) is 53.1 Å². The molecule has 3 aromatic rings. The van der Waals surface area contributed by atoms with Crippen LogP contribution in [-0.2, 0) is 19.4 Å². The maximum absolute atomic E-state index is 12.6. The number of pyridine rings is 1. The van der Waals surface area contributed by atoms with Gasteiger partial charge in [0.2, 0.25) is 0 Å². The Morgan fingerprint density at radius 2 is 2.14 bits per heavy atom. The Morgan fingerprint density at radius 3 is 2.89 bits per heavy atom. The van der Waals surface area contributed by atoms with Crippen molar-refractivity contribution in [3.05, 3.63) is 79.7 Å². The second kappa shape index (κ2) is 7.94. The normalized spacial score (nSPS) is 13.0. The molecule has 0 spiro atoms. The molecule has 0 amide bonds. The van der Waals surface area contributed by atoms with Gasteiger partial charge in [0.25, 0.3) is 5.56 Å². The molecule has 0 radical (unpaired) electrons. The number of benzene rings is 1. The quantitative estimate of drug-likeness (QED) is 0.590. The molecule has 0 unspecified atom stereocenters. The highest BCUT2D eigenvalue weighted by Crippen LogP contribution is 2.27. The second-order valence-corrected chi connectivity index (χ2v) is 7.60. The summed E-state index contributed by atoms with van der Waals surface area (Å²) in [7, 11) is 0. The summed E-state index contributed by atoms with van der Waals surface area (Å²) < 4.78 is 7.39. The van der Waals surface area contributed by atoms with Crippen LogP contribution >= 0.6 is 11.3 Å². The van der Waals surface area contributed by atoms with Crippen molar-refractivity contribution in [2.24, 2.45) is 0 Å². The highest BCUT2D eigenvalue weighted by atomic mass is 32.1. The Bertz CT molecular complexity index is 1110. The van der Waals surface area contributed by atoms with Crippen molar-refractivity contribution in [3.63, 3.8) is 0 Å². The maximum atomic E-state index is 12.6. The molecule has 142 valence electrons. The van der Waals surface area contributed by atoms with Gasteiger partial charge in [-0.05, 0) is 48.6 Å². The minimum Gasteiger partial charge on any atom is -0.486 e. The average Bonchev–Trinajstić information content (AvgIpc) is 3.20. The first-order chi connectivity index (χ1) is 13.7. The third-order valence-corrected chi connectivity index (χ3v) is 5.67. The fraction of sp³-hybridized carbons (Fsp3) is 0.227. The van der Waals surface area contributed by atoms with Gasteiger partial charge in [0, 0.05) is 28.9 Å². The lowest BCUT2D eigenvalue weighted by molar-refractivity contribution is 0.112. The first-order valence-electron chi connectivity index (χ1n) is 9.24. The van der Waals surface area contributed by atoms with E-state index in [0.29, 0.717) is 17.9 Å². The number of thiazole rings is 1. The van der Waals surface area contributed by atoms with Crippen LogP contribution < -0.4 is 10.3 Å². The number of aromatic nitrogens is 2. The SMILES string of the molecule is CCc1csc(COc2ccn(C3=Cc4ccc(C=O)cc4CC3)c(=O)c2)n1. The van der Waals surface area contributed by atoms with E-state index in [1.54, 1.807) is 28.2 Å². The van der Waals surface area contributed by atoms with E-state index < -0.39 is 0 Å². The molecule has 0 bridgehead atoms. The number of carbonyl (C=O) groups is 1. The number of aryl methyl sites for hydroxylation is 2. The Balaban J connectivity index is 1.52. The number of hydrogen-bond donors (Lipinski definition) is 0. The monoisotopic (exact) mass is 392 g/mol. The molecule has 0 N–H and O–H groups in total. The minimum absolute atomic E-state index is 0.120. The molecule has 1 aliphatic rings. The molecule has 0 saturated heterocycles. The molecule has 0 aliphatic heterocycles. The van der Waals surface area contributed by atoms with Crippen molar-refractivity contribution < 1.29 is 9.53 Å². The van der Waals surface area contributed by atoms with E-state index in [9.17, 15) is 9.59 Å². The molecule has 4 rings (SSSR count). The van der Waals surface area contributed by atoms with Crippen LogP contribution in [-0.4, -0.2) is 15.8 Å². The average molecular weight is 392 g/mol. The van der Waals surface area contributed by atoms with Crippen molar-refractivity contribution in [3.8, 4) is 5.75 Å². The van der Waals surface area contributed by atoms with Gasteiger partial charge in [-0.15, -0.1) is 11.3 Å². The van der Waals surface area contributed by atoms with Crippen LogP contribution in [0.2, 0.25) is 0 Å². The molecule has 6 heteroatoms. The molecule has 0 saturated carbocycles. The number of ether oxygens (including phenoxy) is 1. The first-order valence-corrected chi connectivity index (χ1v) is 10.1. The van der Waals surface area contributed by atoms with E-state index in [4.69, 9.17) is 4.74 Å². The number of nitrogens with zero attached hydrogens (tertiary/aromatic N) is 2. The van der Waals surface area contributed by atoms with Gasteiger partial charge in [0.1, 0.15) is 23.7 Å². The first kappa shape index (κ1) is 18.4. The lowest BCUT2D eigenvalue weighted by Gasteiger charge is -2.18. The molecule has 2 aromatic heterocycles. The highest BCUT2D eigenvalue weighted by Gasteiger charge is 2.14. The molecule has 1 aromatic carbocycles. The fourth-order valence-electron chi connectivity index (χ4n) is 3.27. The zero-order valence-electron chi connectivity index (χ0n) is 15.6. The van der Waals surface area contributed by atoms with Gasteiger partial charge in [-0.1, -0.05) is 19.1 Å². The summed E-state index contributed by atoms with van der Waals surface area (Å²) in [4.78, 5) is 28.0. The third-order valence-electron chi connectivity index (χ3n) is 4.80. The van der Waals surface area contributed by atoms with Crippen LogP contribution in [0.1, 0.15) is 45.5 Å². The number of carbonyl (C=O) groups excluding carboxylic acids is 1. The van der Waals surface area contributed by atoms with Gasteiger partial charge in [-0.25, -0.2) is 4.98 Å². The summed E-state index contributed by atoms with van der Waals surface area (Å²) in [5, 5.41) is 2.93. The van der Waals surface area contributed by atoms with E-state index in [2.05, 4.69) is 11.9 Å². The maximum Gasteiger partial charge on any atom is 0.258 e. The van der Waals surface area contributed by atoms with E-state index in [1.807, 2.05) is 29.7 Å². The molecule has 2 heterocycles. The molecule has 0 fully saturated rings. The Labute approximate surface area is 166 Å². The summed E-state index contributed by atoms with van der Waals surface area (Å²) in [5.41, 5.74) is 4.75. The van der Waals surface area contributed by atoms with Crippen LogP contribution in [0.5, 0.6) is 5.75 Å². The van der Waals surface area contributed by atoms with Crippen LogP contribution in [0.3, 0.4) is 0 Å². The van der Waals surface area contributed by atoms with Crippen molar-refractivity contribution >= 4 is 29.4 Å². The van der Waals surface area contributed by atoms with Crippen molar-refractivity contribution in [2.75, 3.05) is 0 Å². The number of rotatable bonds is 6.